The van der Waals surface area contributed by atoms with Gasteiger partial charge in [0.25, 0.3) is 5.91 Å². The van der Waals surface area contributed by atoms with Crippen LogP contribution in [0.2, 0.25) is 0 Å². The summed E-state index contributed by atoms with van der Waals surface area (Å²) < 4.78 is 28.8. The molecule has 1 heterocycles. The zero-order valence-corrected chi connectivity index (χ0v) is 15.1. The summed E-state index contributed by atoms with van der Waals surface area (Å²) in [5.74, 6) is -0.542. The maximum Gasteiger partial charge on any atom is 0.387 e. The van der Waals surface area contributed by atoms with E-state index in [0.29, 0.717) is 37.2 Å². The number of carbonyl (C=O) groups is 2. The molecule has 1 aliphatic rings. The summed E-state index contributed by atoms with van der Waals surface area (Å²) in [6.45, 7) is -2.02. The molecule has 0 saturated carbocycles. The van der Waals surface area contributed by atoms with E-state index in [4.69, 9.17) is 5.73 Å². The number of nitrogens with one attached hydrogen (secondary N) is 1. The van der Waals surface area contributed by atoms with Crippen LogP contribution in [0.1, 0.15) is 28.8 Å². The molecule has 6 nitrogen and oxygen atoms in total. The van der Waals surface area contributed by atoms with Crippen LogP contribution >= 0.6 is 0 Å². The topological polar surface area (TPSA) is 84.7 Å². The van der Waals surface area contributed by atoms with Crippen molar-refractivity contribution in [2.45, 2.75) is 32.0 Å². The molecule has 0 bridgehead atoms. The molecular weight excluding hydrogens is 368 g/mol. The minimum absolute atomic E-state index is 0.0222. The van der Waals surface area contributed by atoms with Gasteiger partial charge in [0.2, 0.25) is 5.91 Å². The van der Waals surface area contributed by atoms with Crippen molar-refractivity contribution < 1.29 is 23.1 Å². The molecule has 2 amide bonds. The second-order valence-electron chi connectivity index (χ2n) is 6.43. The second-order valence-corrected chi connectivity index (χ2v) is 6.43. The zero-order valence-electron chi connectivity index (χ0n) is 15.1. The SMILES string of the molecule is NCc1ccc(C(=O)NC2CCCN(c3ccc(OC(F)F)cc3)C2=O)cc1. The molecule has 1 fully saturated rings. The highest BCUT2D eigenvalue weighted by atomic mass is 19.3. The van der Waals surface area contributed by atoms with Crippen molar-refractivity contribution in [3.05, 3.63) is 59.7 Å². The Kier molecular flexibility index (Phi) is 6.20. The Morgan fingerprint density at radius 1 is 1.18 bits per heavy atom. The summed E-state index contributed by atoms with van der Waals surface area (Å²) in [5, 5.41) is 2.77. The molecule has 0 spiro atoms. The lowest BCUT2D eigenvalue weighted by atomic mass is 10.0. The van der Waals surface area contributed by atoms with Gasteiger partial charge in [-0.25, -0.2) is 0 Å². The summed E-state index contributed by atoms with van der Waals surface area (Å²) in [7, 11) is 0. The minimum Gasteiger partial charge on any atom is -0.435 e. The molecule has 1 aliphatic heterocycles. The summed E-state index contributed by atoms with van der Waals surface area (Å²) in [5.41, 5.74) is 7.49. The van der Waals surface area contributed by atoms with Gasteiger partial charge >= 0.3 is 6.61 Å². The van der Waals surface area contributed by atoms with Crippen LogP contribution in [-0.4, -0.2) is 31.0 Å². The highest BCUT2D eigenvalue weighted by Gasteiger charge is 2.31. The van der Waals surface area contributed by atoms with E-state index < -0.39 is 12.7 Å². The molecule has 0 radical (unpaired) electrons. The summed E-state index contributed by atoms with van der Waals surface area (Å²) in [6, 6.07) is 12.1. The highest BCUT2D eigenvalue weighted by Crippen LogP contribution is 2.24. The number of ether oxygens (including phenoxy) is 1. The maximum absolute atomic E-state index is 12.8. The summed E-state index contributed by atoms with van der Waals surface area (Å²) >= 11 is 0. The number of benzene rings is 2. The number of anilines is 1. The van der Waals surface area contributed by atoms with Gasteiger partial charge in [-0.1, -0.05) is 12.1 Å². The van der Waals surface area contributed by atoms with Crippen LogP contribution in [0.3, 0.4) is 0 Å². The van der Waals surface area contributed by atoms with E-state index in [9.17, 15) is 18.4 Å². The molecule has 1 unspecified atom stereocenters. The molecule has 28 heavy (non-hydrogen) atoms. The van der Waals surface area contributed by atoms with Crippen LogP contribution in [0.15, 0.2) is 48.5 Å². The Morgan fingerprint density at radius 2 is 1.86 bits per heavy atom. The van der Waals surface area contributed by atoms with Crippen molar-refractivity contribution in [3.8, 4) is 5.75 Å². The smallest absolute Gasteiger partial charge is 0.387 e. The van der Waals surface area contributed by atoms with Gasteiger partial charge in [-0.15, -0.1) is 0 Å². The Labute approximate surface area is 161 Å². The summed E-state index contributed by atoms with van der Waals surface area (Å²) in [6.07, 6.45) is 1.24. The molecular formula is C20H21F2N3O3. The van der Waals surface area contributed by atoms with Crippen LogP contribution in [0, 0.1) is 0 Å². The second kappa shape index (κ2) is 8.79. The molecule has 1 saturated heterocycles. The molecule has 2 aromatic carbocycles. The fourth-order valence-electron chi connectivity index (χ4n) is 3.11. The van der Waals surface area contributed by atoms with E-state index in [1.807, 2.05) is 0 Å². The number of alkyl halides is 2. The van der Waals surface area contributed by atoms with Crippen LogP contribution in [0.25, 0.3) is 0 Å². The first-order valence-electron chi connectivity index (χ1n) is 8.94. The molecule has 148 valence electrons. The van der Waals surface area contributed by atoms with Crippen LogP contribution < -0.4 is 20.7 Å². The number of nitrogens with zero attached hydrogens (tertiary/aromatic N) is 1. The third-order valence-electron chi connectivity index (χ3n) is 4.57. The van der Waals surface area contributed by atoms with Crippen molar-refractivity contribution in [2.24, 2.45) is 5.73 Å². The molecule has 0 aromatic heterocycles. The average molecular weight is 389 g/mol. The van der Waals surface area contributed by atoms with Crippen LogP contribution in [-0.2, 0) is 11.3 Å². The van der Waals surface area contributed by atoms with E-state index in [-0.39, 0.29) is 17.6 Å². The van der Waals surface area contributed by atoms with Gasteiger partial charge in [-0.05, 0) is 54.8 Å². The Morgan fingerprint density at radius 3 is 2.46 bits per heavy atom. The van der Waals surface area contributed by atoms with Gasteiger partial charge in [0.05, 0.1) is 0 Å². The quantitative estimate of drug-likeness (QED) is 0.796. The van der Waals surface area contributed by atoms with E-state index in [0.717, 1.165) is 5.56 Å². The van der Waals surface area contributed by atoms with E-state index in [1.165, 1.54) is 17.0 Å². The lowest BCUT2D eigenvalue weighted by Gasteiger charge is -2.32. The monoisotopic (exact) mass is 389 g/mol. The molecule has 3 N–H and O–H groups in total. The van der Waals surface area contributed by atoms with Gasteiger partial charge < -0.3 is 20.7 Å². The number of hydrogen-bond donors (Lipinski definition) is 2. The van der Waals surface area contributed by atoms with E-state index >= 15 is 0 Å². The molecule has 1 atom stereocenters. The fourth-order valence-corrected chi connectivity index (χ4v) is 3.11. The van der Waals surface area contributed by atoms with Crippen molar-refractivity contribution >= 4 is 17.5 Å². The van der Waals surface area contributed by atoms with Crippen LogP contribution in [0.5, 0.6) is 5.75 Å². The molecule has 0 aliphatic carbocycles. The third-order valence-corrected chi connectivity index (χ3v) is 4.57. The van der Waals surface area contributed by atoms with E-state index in [1.54, 1.807) is 36.4 Å². The lowest BCUT2D eigenvalue weighted by molar-refractivity contribution is -0.121. The first-order chi connectivity index (χ1) is 13.5. The number of rotatable bonds is 6. The third kappa shape index (κ3) is 4.64. The first-order valence-corrected chi connectivity index (χ1v) is 8.94. The summed E-state index contributed by atoms with van der Waals surface area (Å²) in [4.78, 5) is 26.8. The van der Waals surface area contributed by atoms with Crippen molar-refractivity contribution in [1.29, 1.82) is 0 Å². The number of halogens is 2. The number of hydrogen-bond acceptors (Lipinski definition) is 4. The first kappa shape index (κ1) is 19.8. The predicted octanol–water partition coefficient (Wildman–Crippen LogP) is 2.67. The van der Waals surface area contributed by atoms with Gasteiger partial charge in [0, 0.05) is 24.3 Å². The fraction of sp³-hybridized carbons (Fsp3) is 0.300. The van der Waals surface area contributed by atoms with E-state index in [2.05, 4.69) is 10.1 Å². The maximum atomic E-state index is 12.8. The predicted molar refractivity (Wildman–Crippen MR) is 100 cm³/mol. The number of amides is 2. The minimum atomic E-state index is -2.90. The van der Waals surface area contributed by atoms with Gasteiger partial charge in [0.15, 0.2) is 0 Å². The van der Waals surface area contributed by atoms with Crippen molar-refractivity contribution in [2.75, 3.05) is 11.4 Å². The Hall–Kier alpha value is -3.00. The normalized spacial score (nSPS) is 16.9. The molecule has 8 heteroatoms. The van der Waals surface area contributed by atoms with Gasteiger partial charge in [0.1, 0.15) is 11.8 Å². The standard InChI is InChI=1S/C20H21F2N3O3/c21-20(22)28-16-9-7-15(8-10-16)25-11-1-2-17(19(25)27)24-18(26)14-5-3-13(12-23)4-6-14/h3-10,17,20H,1-2,11-12,23H2,(H,24,26). The molecule has 2 aromatic rings. The number of piperidine rings is 1. The molecule has 3 rings (SSSR count). The lowest BCUT2D eigenvalue weighted by Crippen LogP contribution is -2.52. The van der Waals surface area contributed by atoms with Crippen LogP contribution in [0.4, 0.5) is 14.5 Å². The van der Waals surface area contributed by atoms with Crippen molar-refractivity contribution in [3.63, 3.8) is 0 Å². The zero-order chi connectivity index (χ0) is 20.1. The van der Waals surface area contributed by atoms with Crippen molar-refractivity contribution in [1.82, 2.24) is 5.32 Å². The largest absolute Gasteiger partial charge is 0.435 e. The highest BCUT2D eigenvalue weighted by molar-refractivity contribution is 6.02. The Bertz CT molecular complexity index is 826. The Balaban J connectivity index is 1.67. The van der Waals surface area contributed by atoms with Gasteiger partial charge in [-0.2, -0.15) is 8.78 Å². The average Bonchev–Trinajstić information content (AvgIpc) is 2.70. The number of carbonyl (C=O) groups excluding carboxylic acids is 2. The van der Waals surface area contributed by atoms with Gasteiger partial charge in [-0.3, -0.25) is 9.59 Å². The number of nitrogens with two attached hydrogens (primary N) is 1.